The molecule has 2 heteroatoms. The molecule has 80 valence electrons. The summed E-state index contributed by atoms with van der Waals surface area (Å²) in [4.78, 5) is 2.47. The minimum absolute atomic E-state index is 0.793. The molecule has 0 aromatic heterocycles. The molecule has 2 nitrogen and oxygen atoms in total. The number of nitrogens with zero attached hydrogens (tertiary/aromatic N) is 1. The lowest BCUT2D eigenvalue weighted by Gasteiger charge is -2.20. The van der Waals surface area contributed by atoms with E-state index in [4.69, 9.17) is 5.73 Å². The summed E-state index contributed by atoms with van der Waals surface area (Å²) >= 11 is 0. The number of hydrogen-bond acceptors (Lipinski definition) is 2. The zero-order valence-electron chi connectivity index (χ0n) is 9.55. The average molecular weight is 186 g/mol. The molecule has 0 fully saturated rings. The molecule has 0 heterocycles. The molecule has 0 unspecified atom stereocenters. The molecule has 2 N–H and O–H groups in total. The average Bonchev–Trinajstić information content (AvgIpc) is 2.04. The highest BCUT2D eigenvalue weighted by Crippen LogP contribution is 2.04. The van der Waals surface area contributed by atoms with Crippen molar-refractivity contribution in [2.24, 2.45) is 11.7 Å². The van der Waals surface area contributed by atoms with Gasteiger partial charge in [-0.2, -0.15) is 0 Å². The second-order valence-electron chi connectivity index (χ2n) is 4.17. The van der Waals surface area contributed by atoms with Crippen molar-refractivity contribution in [3.63, 3.8) is 0 Å². The SMILES string of the molecule is CCCN(CCN)CCCC(C)C. The second-order valence-corrected chi connectivity index (χ2v) is 4.17. The first-order valence-electron chi connectivity index (χ1n) is 5.63. The van der Waals surface area contributed by atoms with Crippen molar-refractivity contribution in [2.45, 2.75) is 40.0 Å². The summed E-state index contributed by atoms with van der Waals surface area (Å²) in [5, 5.41) is 0. The van der Waals surface area contributed by atoms with Gasteiger partial charge in [-0.3, -0.25) is 0 Å². The predicted molar refractivity (Wildman–Crippen MR) is 59.9 cm³/mol. The second kappa shape index (κ2) is 8.52. The first-order valence-corrected chi connectivity index (χ1v) is 5.63. The Morgan fingerprint density at radius 1 is 1.15 bits per heavy atom. The van der Waals surface area contributed by atoms with Gasteiger partial charge in [-0.05, 0) is 38.3 Å². The van der Waals surface area contributed by atoms with Crippen LogP contribution < -0.4 is 5.73 Å². The van der Waals surface area contributed by atoms with Gasteiger partial charge >= 0.3 is 0 Å². The highest BCUT2D eigenvalue weighted by Gasteiger charge is 2.02. The van der Waals surface area contributed by atoms with Gasteiger partial charge in [0.15, 0.2) is 0 Å². The summed E-state index contributed by atoms with van der Waals surface area (Å²) in [6.45, 7) is 11.1. The first-order chi connectivity index (χ1) is 6.20. The Labute approximate surface area is 83.5 Å². The van der Waals surface area contributed by atoms with Gasteiger partial charge in [0.05, 0.1) is 0 Å². The van der Waals surface area contributed by atoms with Gasteiger partial charge in [0, 0.05) is 13.1 Å². The largest absolute Gasteiger partial charge is 0.329 e. The molecule has 0 aromatic rings. The summed E-state index contributed by atoms with van der Waals surface area (Å²) in [6.07, 6.45) is 3.89. The molecule has 0 radical (unpaired) electrons. The monoisotopic (exact) mass is 186 g/mol. The van der Waals surface area contributed by atoms with E-state index in [9.17, 15) is 0 Å². The molecule has 13 heavy (non-hydrogen) atoms. The van der Waals surface area contributed by atoms with E-state index in [1.54, 1.807) is 0 Å². The third-order valence-electron chi connectivity index (χ3n) is 2.24. The molecule has 0 spiro atoms. The molecule has 0 aliphatic carbocycles. The third kappa shape index (κ3) is 8.26. The summed E-state index contributed by atoms with van der Waals surface area (Å²) in [5.74, 6) is 0.835. The zero-order chi connectivity index (χ0) is 10.1. The van der Waals surface area contributed by atoms with Gasteiger partial charge in [0.1, 0.15) is 0 Å². The van der Waals surface area contributed by atoms with E-state index < -0.39 is 0 Å². The molecule has 0 saturated carbocycles. The third-order valence-corrected chi connectivity index (χ3v) is 2.24. The number of rotatable bonds is 8. The maximum Gasteiger partial charge on any atom is 0.0105 e. The number of hydrogen-bond donors (Lipinski definition) is 1. The van der Waals surface area contributed by atoms with Crippen LogP contribution in [0.5, 0.6) is 0 Å². The van der Waals surface area contributed by atoms with Crippen LogP contribution in [0, 0.1) is 5.92 Å². The fourth-order valence-corrected chi connectivity index (χ4v) is 1.56. The van der Waals surface area contributed by atoms with Crippen molar-refractivity contribution < 1.29 is 0 Å². The predicted octanol–water partition coefficient (Wildman–Crippen LogP) is 2.09. The van der Waals surface area contributed by atoms with E-state index >= 15 is 0 Å². The smallest absolute Gasteiger partial charge is 0.0105 e. The van der Waals surface area contributed by atoms with Crippen molar-refractivity contribution in [3.8, 4) is 0 Å². The highest BCUT2D eigenvalue weighted by molar-refractivity contribution is 4.58. The summed E-state index contributed by atoms with van der Waals surface area (Å²) in [5.41, 5.74) is 5.55. The van der Waals surface area contributed by atoms with Crippen molar-refractivity contribution in [2.75, 3.05) is 26.2 Å². The minimum atomic E-state index is 0.793. The van der Waals surface area contributed by atoms with Crippen LogP contribution in [0.4, 0.5) is 0 Å². The lowest BCUT2D eigenvalue weighted by Crippen LogP contribution is -2.31. The fraction of sp³-hybridized carbons (Fsp3) is 1.00. The fourth-order valence-electron chi connectivity index (χ4n) is 1.56. The Hall–Kier alpha value is -0.0800. The van der Waals surface area contributed by atoms with E-state index in [1.807, 2.05) is 0 Å². The van der Waals surface area contributed by atoms with Crippen LogP contribution in [-0.2, 0) is 0 Å². The lowest BCUT2D eigenvalue weighted by atomic mass is 10.1. The van der Waals surface area contributed by atoms with Gasteiger partial charge in [0.2, 0.25) is 0 Å². The van der Waals surface area contributed by atoms with E-state index in [2.05, 4.69) is 25.7 Å². The van der Waals surface area contributed by atoms with E-state index in [0.717, 1.165) is 19.0 Å². The molecule has 0 aliphatic rings. The topological polar surface area (TPSA) is 29.3 Å². The molecule has 0 aromatic carbocycles. The summed E-state index contributed by atoms with van der Waals surface area (Å²) in [7, 11) is 0. The normalized spacial score (nSPS) is 11.5. The number of nitrogens with two attached hydrogens (primary N) is 1. The first kappa shape index (κ1) is 12.9. The van der Waals surface area contributed by atoms with E-state index in [1.165, 1.54) is 32.4 Å². The van der Waals surface area contributed by atoms with Crippen molar-refractivity contribution >= 4 is 0 Å². The maximum atomic E-state index is 5.55. The van der Waals surface area contributed by atoms with Gasteiger partial charge < -0.3 is 10.6 Å². The van der Waals surface area contributed by atoms with Crippen molar-refractivity contribution in [1.29, 1.82) is 0 Å². The molecule has 0 bridgehead atoms. The van der Waals surface area contributed by atoms with E-state index in [0.29, 0.717) is 0 Å². The molecule has 0 amide bonds. The van der Waals surface area contributed by atoms with Crippen LogP contribution in [0.2, 0.25) is 0 Å². The summed E-state index contributed by atoms with van der Waals surface area (Å²) < 4.78 is 0. The minimum Gasteiger partial charge on any atom is -0.329 e. The van der Waals surface area contributed by atoms with Crippen LogP contribution in [-0.4, -0.2) is 31.1 Å². The van der Waals surface area contributed by atoms with Gasteiger partial charge in [-0.25, -0.2) is 0 Å². The van der Waals surface area contributed by atoms with Crippen molar-refractivity contribution in [1.82, 2.24) is 4.90 Å². The van der Waals surface area contributed by atoms with Gasteiger partial charge in [-0.1, -0.05) is 20.8 Å². The molecular weight excluding hydrogens is 160 g/mol. The molecule has 0 saturated heterocycles. The highest BCUT2D eigenvalue weighted by atomic mass is 15.1. The lowest BCUT2D eigenvalue weighted by molar-refractivity contribution is 0.270. The van der Waals surface area contributed by atoms with Crippen molar-refractivity contribution in [3.05, 3.63) is 0 Å². The molecule has 0 aliphatic heterocycles. The Balaban J connectivity index is 3.44. The zero-order valence-corrected chi connectivity index (χ0v) is 9.55. The Morgan fingerprint density at radius 3 is 2.31 bits per heavy atom. The Morgan fingerprint density at radius 2 is 1.85 bits per heavy atom. The standard InChI is InChI=1S/C11H26N2/c1-4-8-13(10-7-12)9-5-6-11(2)3/h11H,4-10,12H2,1-3H3. The molecular formula is C11H26N2. The van der Waals surface area contributed by atoms with Crippen LogP contribution in [0.15, 0.2) is 0 Å². The molecule has 0 atom stereocenters. The molecule has 0 rings (SSSR count). The van der Waals surface area contributed by atoms with Gasteiger partial charge in [-0.15, -0.1) is 0 Å². The Kier molecular flexibility index (Phi) is 8.46. The Bertz CT molecular complexity index is 96.3. The van der Waals surface area contributed by atoms with Gasteiger partial charge in [0.25, 0.3) is 0 Å². The summed E-state index contributed by atoms with van der Waals surface area (Å²) in [6, 6.07) is 0. The van der Waals surface area contributed by atoms with E-state index in [-0.39, 0.29) is 0 Å². The van der Waals surface area contributed by atoms with Crippen LogP contribution in [0.3, 0.4) is 0 Å². The van der Waals surface area contributed by atoms with Crippen LogP contribution >= 0.6 is 0 Å². The van der Waals surface area contributed by atoms with Crippen LogP contribution in [0.25, 0.3) is 0 Å². The van der Waals surface area contributed by atoms with Crippen LogP contribution in [0.1, 0.15) is 40.0 Å². The maximum absolute atomic E-state index is 5.55. The quantitative estimate of drug-likeness (QED) is 0.629.